The number of hydrogen-bond acceptors (Lipinski definition) is 8. The van der Waals surface area contributed by atoms with Crippen molar-refractivity contribution >= 4 is 5.91 Å². The zero-order chi connectivity index (χ0) is 24.4. The molecule has 0 radical (unpaired) electrons. The van der Waals surface area contributed by atoms with Gasteiger partial charge in [-0.3, -0.25) is 4.79 Å². The highest BCUT2D eigenvalue weighted by Crippen LogP contribution is 2.28. The number of piperidine rings is 1. The summed E-state index contributed by atoms with van der Waals surface area (Å²) >= 11 is 0. The van der Waals surface area contributed by atoms with Gasteiger partial charge in [0.2, 0.25) is 0 Å². The summed E-state index contributed by atoms with van der Waals surface area (Å²) in [4.78, 5) is 19.3. The van der Waals surface area contributed by atoms with Gasteiger partial charge in [-0.25, -0.2) is 0 Å². The van der Waals surface area contributed by atoms with Crippen LogP contribution in [0.2, 0.25) is 0 Å². The molecule has 1 aromatic carbocycles. The Labute approximate surface area is 203 Å². The van der Waals surface area contributed by atoms with Gasteiger partial charge in [-0.05, 0) is 57.9 Å². The van der Waals surface area contributed by atoms with E-state index in [1.807, 2.05) is 56.0 Å². The first-order chi connectivity index (χ1) is 17.0. The summed E-state index contributed by atoms with van der Waals surface area (Å²) in [6.45, 7) is 7.23. The molecule has 0 atom stereocenters. The van der Waals surface area contributed by atoms with Crippen molar-refractivity contribution in [3.8, 4) is 5.75 Å². The van der Waals surface area contributed by atoms with E-state index >= 15 is 0 Å². The molecule has 35 heavy (non-hydrogen) atoms. The van der Waals surface area contributed by atoms with Gasteiger partial charge >= 0.3 is 0 Å². The number of rotatable bonds is 7. The van der Waals surface area contributed by atoms with E-state index in [1.54, 1.807) is 6.07 Å². The van der Waals surface area contributed by atoms with Gasteiger partial charge in [0.25, 0.3) is 11.8 Å². The van der Waals surface area contributed by atoms with Crippen molar-refractivity contribution in [3.63, 3.8) is 0 Å². The fraction of sp³-hybridized carbons (Fsp3) is 0.385. The highest BCUT2D eigenvalue weighted by Gasteiger charge is 2.29. The molecule has 182 valence electrons. The molecule has 4 heterocycles. The molecule has 9 nitrogen and oxygen atoms in total. The average Bonchev–Trinajstić information content (AvgIpc) is 3.61. The van der Waals surface area contributed by atoms with Gasteiger partial charge in [0.1, 0.15) is 17.3 Å². The number of aryl methyl sites for hydroxylation is 3. The van der Waals surface area contributed by atoms with Gasteiger partial charge in [-0.15, -0.1) is 0 Å². The van der Waals surface area contributed by atoms with E-state index < -0.39 is 0 Å². The van der Waals surface area contributed by atoms with Crippen molar-refractivity contribution < 1.29 is 23.0 Å². The Morgan fingerprint density at radius 2 is 1.80 bits per heavy atom. The summed E-state index contributed by atoms with van der Waals surface area (Å²) in [5.41, 5.74) is 3.00. The van der Waals surface area contributed by atoms with E-state index in [1.165, 1.54) is 5.56 Å². The Morgan fingerprint density at radius 1 is 1.03 bits per heavy atom. The molecule has 0 bridgehead atoms. The highest BCUT2D eigenvalue weighted by atomic mass is 16.5. The first-order valence-electron chi connectivity index (χ1n) is 11.8. The number of nitrogens with zero attached hydrogens (tertiary/aromatic N) is 4. The molecule has 1 saturated heterocycles. The van der Waals surface area contributed by atoms with Crippen LogP contribution >= 0.6 is 0 Å². The monoisotopic (exact) mass is 476 g/mol. The Bertz CT molecular complexity index is 1280. The number of ether oxygens (including phenoxy) is 1. The van der Waals surface area contributed by atoms with Gasteiger partial charge in [0, 0.05) is 31.0 Å². The maximum atomic E-state index is 13.0. The molecule has 9 heteroatoms. The molecule has 0 unspecified atom stereocenters. The van der Waals surface area contributed by atoms with Gasteiger partial charge < -0.3 is 23.1 Å². The standard InChI is InChI=1S/C26H28N4O5/c1-16-4-6-20(7-5-16)32-15-24-27-25(29-35-24)19-10-12-30(13-11-19)26(31)23-9-8-21(33-23)14-22-17(2)28-34-18(22)3/h4-9,19H,10-15H2,1-3H3. The Hall–Kier alpha value is -3.88. The molecule has 1 aliphatic heterocycles. The van der Waals surface area contributed by atoms with E-state index in [9.17, 15) is 4.79 Å². The van der Waals surface area contributed by atoms with E-state index in [-0.39, 0.29) is 18.4 Å². The van der Waals surface area contributed by atoms with Crippen molar-refractivity contribution in [1.29, 1.82) is 0 Å². The second-order valence-corrected chi connectivity index (χ2v) is 8.96. The zero-order valence-corrected chi connectivity index (χ0v) is 20.1. The van der Waals surface area contributed by atoms with Gasteiger partial charge in [-0.1, -0.05) is 28.0 Å². The molecule has 1 fully saturated rings. The lowest BCUT2D eigenvalue weighted by atomic mass is 9.96. The Morgan fingerprint density at radius 3 is 2.51 bits per heavy atom. The van der Waals surface area contributed by atoms with Crippen LogP contribution in [0.3, 0.4) is 0 Å². The Kier molecular flexibility index (Phi) is 6.39. The second-order valence-electron chi connectivity index (χ2n) is 8.96. The van der Waals surface area contributed by atoms with Crippen molar-refractivity contribution in [2.24, 2.45) is 0 Å². The molecule has 3 aromatic heterocycles. The van der Waals surface area contributed by atoms with Gasteiger partial charge in [0.05, 0.1) is 5.69 Å². The summed E-state index contributed by atoms with van der Waals surface area (Å²) in [7, 11) is 0. The summed E-state index contributed by atoms with van der Waals surface area (Å²) < 4.78 is 22.2. The minimum Gasteiger partial charge on any atom is -0.484 e. The molecule has 5 rings (SSSR count). The first-order valence-corrected chi connectivity index (χ1v) is 11.8. The number of benzene rings is 1. The van der Waals surface area contributed by atoms with E-state index in [0.717, 1.165) is 35.6 Å². The van der Waals surface area contributed by atoms with Crippen molar-refractivity contribution in [2.75, 3.05) is 13.1 Å². The van der Waals surface area contributed by atoms with Crippen LogP contribution in [0.15, 0.2) is 49.9 Å². The largest absolute Gasteiger partial charge is 0.484 e. The van der Waals surface area contributed by atoms with Crippen molar-refractivity contribution in [2.45, 2.75) is 52.6 Å². The molecular weight excluding hydrogens is 448 g/mol. The average molecular weight is 477 g/mol. The van der Waals surface area contributed by atoms with Gasteiger partial charge in [0.15, 0.2) is 18.2 Å². The third-order valence-corrected chi connectivity index (χ3v) is 6.42. The summed E-state index contributed by atoms with van der Waals surface area (Å²) in [6, 6.07) is 11.4. The Balaban J connectivity index is 1.13. The number of likely N-dealkylation sites (tertiary alicyclic amines) is 1. The molecule has 0 saturated carbocycles. The van der Waals surface area contributed by atoms with Gasteiger partial charge in [-0.2, -0.15) is 4.98 Å². The molecule has 1 amide bonds. The third-order valence-electron chi connectivity index (χ3n) is 6.42. The molecule has 4 aromatic rings. The van der Waals surface area contributed by atoms with Crippen molar-refractivity contribution in [1.82, 2.24) is 20.2 Å². The lowest BCUT2D eigenvalue weighted by molar-refractivity contribution is 0.0676. The fourth-order valence-corrected chi connectivity index (χ4v) is 4.29. The van der Waals surface area contributed by atoms with E-state index in [0.29, 0.717) is 42.7 Å². The minimum atomic E-state index is -0.103. The number of hydrogen-bond donors (Lipinski definition) is 0. The van der Waals surface area contributed by atoms with Crippen molar-refractivity contribution in [3.05, 3.63) is 82.2 Å². The molecule has 1 aliphatic rings. The predicted octanol–water partition coefficient (Wildman–Crippen LogP) is 4.77. The van der Waals surface area contributed by atoms with Crippen LogP contribution in [-0.2, 0) is 13.0 Å². The topological polar surface area (TPSA) is 108 Å². The number of aromatic nitrogens is 3. The normalized spacial score (nSPS) is 14.4. The van der Waals surface area contributed by atoms with Crippen LogP contribution in [0.25, 0.3) is 0 Å². The van der Waals surface area contributed by atoms with Crippen LogP contribution in [0, 0.1) is 20.8 Å². The highest BCUT2D eigenvalue weighted by molar-refractivity contribution is 5.91. The van der Waals surface area contributed by atoms with Crippen LogP contribution in [0.1, 0.15) is 69.4 Å². The SMILES string of the molecule is Cc1ccc(OCc2nc(C3CCN(C(=O)c4ccc(Cc5c(C)noc5C)o4)CC3)no2)cc1. The maximum absolute atomic E-state index is 13.0. The smallest absolute Gasteiger partial charge is 0.289 e. The molecule has 0 spiro atoms. The molecule has 0 N–H and O–H groups in total. The van der Waals surface area contributed by atoms with E-state index in [2.05, 4.69) is 15.3 Å². The maximum Gasteiger partial charge on any atom is 0.289 e. The minimum absolute atomic E-state index is 0.103. The van der Waals surface area contributed by atoms with Crippen LogP contribution in [0.5, 0.6) is 5.75 Å². The van der Waals surface area contributed by atoms with E-state index in [4.69, 9.17) is 18.2 Å². The first kappa shape index (κ1) is 22.9. The summed E-state index contributed by atoms with van der Waals surface area (Å²) in [6.07, 6.45) is 2.07. The lowest BCUT2D eigenvalue weighted by Crippen LogP contribution is -2.38. The quantitative estimate of drug-likeness (QED) is 0.376. The molecular formula is C26H28N4O5. The fourth-order valence-electron chi connectivity index (χ4n) is 4.29. The lowest BCUT2D eigenvalue weighted by Gasteiger charge is -2.29. The van der Waals surface area contributed by atoms with Crippen LogP contribution in [-0.4, -0.2) is 39.2 Å². The zero-order valence-electron chi connectivity index (χ0n) is 20.1. The number of furan rings is 1. The predicted molar refractivity (Wildman–Crippen MR) is 125 cm³/mol. The third kappa shape index (κ3) is 5.13. The summed E-state index contributed by atoms with van der Waals surface area (Å²) in [5, 5.41) is 8.12. The van der Waals surface area contributed by atoms with Crippen LogP contribution in [0.4, 0.5) is 0 Å². The molecule has 0 aliphatic carbocycles. The van der Waals surface area contributed by atoms with Crippen LogP contribution < -0.4 is 4.74 Å². The summed E-state index contributed by atoms with van der Waals surface area (Å²) in [5.74, 6) is 3.73. The number of amides is 1. The number of carbonyl (C=O) groups is 1. The second kappa shape index (κ2) is 9.77. The number of carbonyl (C=O) groups excluding carboxylic acids is 1.